The summed E-state index contributed by atoms with van der Waals surface area (Å²) in [7, 11) is 1.68. The van der Waals surface area contributed by atoms with Crippen LogP contribution in [0.5, 0.6) is 11.5 Å². The van der Waals surface area contributed by atoms with Crippen molar-refractivity contribution in [3.8, 4) is 11.5 Å². The molecule has 3 aromatic carbocycles. The second-order valence-electron chi connectivity index (χ2n) is 7.73. The summed E-state index contributed by atoms with van der Waals surface area (Å²) in [5, 5.41) is 2.42. The van der Waals surface area contributed by atoms with Gasteiger partial charge in [0.25, 0.3) is 0 Å². The zero-order valence-corrected chi connectivity index (χ0v) is 19.4. The van der Waals surface area contributed by atoms with Gasteiger partial charge in [-0.2, -0.15) is 0 Å². The van der Waals surface area contributed by atoms with Crippen LogP contribution in [0.2, 0.25) is 0 Å². The van der Waals surface area contributed by atoms with E-state index in [0.717, 1.165) is 28.5 Å². The fourth-order valence-corrected chi connectivity index (χ4v) is 4.20. The standard InChI is InChI=1S/C25H19O2.C5H5.Fe/c1-26-21-13-11-20(12-14-21)25(19-7-3-4-8-19)17-16-23-22-9-5-2-6-18(22)10-15-24(23)27-25;1-2-4-5-3-1;/h2-17H,1H3;1-5H;/q;;+2. The summed E-state index contributed by atoms with van der Waals surface area (Å²) >= 11 is 0. The molecule has 2 nitrogen and oxygen atoms in total. The SMILES string of the molecule is COc1ccc(C2([C]3[CH][CH][CH][CH]3)C=Cc3c(ccc4ccccc34)O2)cc1.[CH]1[CH][CH][CH][CH]1.[Fe+2]. The Balaban J connectivity index is 0.000000385. The van der Waals surface area contributed by atoms with Gasteiger partial charge in [0, 0.05) is 17.0 Å². The number of hydrogen-bond donors (Lipinski definition) is 0. The van der Waals surface area contributed by atoms with Gasteiger partial charge in [-0.05, 0) is 92.8 Å². The van der Waals surface area contributed by atoms with Crippen molar-refractivity contribution in [2.24, 2.45) is 0 Å². The van der Waals surface area contributed by atoms with E-state index < -0.39 is 5.60 Å². The molecule has 0 aromatic heterocycles. The van der Waals surface area contributed by atoms with E-state index in [1.807, 2.05) is 57.1 Å². The molecule has 2 aliphatic carbocycles. The topological polar surface area (TPSA) is 18.5 Å². The van der Waals surface area contributed by atoms with Crippen LogP contribution in [-0.4, -0.2) is 7.11 Å². The molecule has 3 aromatic rings. The molecule has 3 aliphatic rings. The molecule has 0 spiro atoms. The van der Waals surface area contributed by atoms with Crippen LogP contribution in [0.1, 0.15) is 11.1 Å². The molecule has 2 saturated carbocycles. The van der Waals surface area contributed by atoms with Crippen molar-refractivity contribution in [1.29, 1.82) is 0 Å². The molecule has 0 amide bonds. The van der Waals surface area contributed by atoms with E-state index in [0.29, 0.717) is 0 Å². The van der Waals surface area contributed by atoms with Gasteiger partial charge in [-0.1, -0.05) is 48.5 Å². The number of rotatable bonds is 3. The third kappa shape index (κ3) is 4.86. The average molecular weight is 472 g/mol. The molecular weight excluding hydrogens is 448 g/mol. The third-order valence-corrected chi connectivity index (χ3v) is 5.85. The van der Waals surface area contributed by atoms with Crippen molar-refractivity contribution in [1.82, 2.24) is 0 Å². The molecule has 3 heteroatoms. The van der Waals surface area contributed by atoms with Crippen molar-refractivity contribution in [2.75, 3.05) is 7.11 Å². The Labute approximate surface area is 208 Å². The molecule has 1 unspecified atom stereocenters. The number of ether oxygens (including phenoxy) is 2. The van der Waals surface area contributed by atoms with E-state index in [1.165, 1.54) is 10.8 Å². The van der Waals surface area contributed by atoms with Gasteiger partial charge in [-0.3, -0.25) is 0 Å². The Kier molecular flexibility index (Phi) is 7.83. The van der Waals surface area contributed by atoms with Crippen molar-refractivity contribution in [3.63, 3.8) is 0 Å². The maximum Gasteiger partial charge on any atom is 2.00 e. The van der Waals surface area contributed by atoms with Crippen molar-refractivity contribution in [3.05, 3.63) is 142 Å². The van der Waals surface area contributed by atoms with Crippen LogP contribution in [0.3, 0.4) is 0 Å². The minimum atomic E-state index is -0.648. The van der Waals surface area contributed by atoms with Gasteiger partial charge >= 0.3 is 17.1 Å². The normalized spacial score (nSPS) is 21.5. The molecule has 1 atom stereocenters. The molecule has 0 saturated heterocycles. The Bertz CT molecular complexity index is 1070. The minimum Gasteiger partial charge on any atom is -0.497 e. The molecule has 2 fully saturated rings. The molecule has 162 valence electrons. The zero-order chi connectivity index (χ0) is 21.8. The summed E-state index contributed by atoms with van der Waals surface area (Å²) in [5.74, 6) is 2.85. The van der Waals surface area contributed by atoms with Crippen LogP contribution in [0.15, 0.2) is 66.7 Å². The fourth-order valence-electron chi connectivity index (χ4n) is 4.20. The first-order valence-corrected chi connectivity index (χ1v) is 10.7. The van der Waals surface area contributed by atoms with Crippen molar-refractivity contribution >= 4 is 16.8 Å². The van der Waals surface area contributed by atoms with Gasteiger partial charge in [-0.25, -0.2) is 0 Å². The summed E-state index contributed by atoms with van der Waals surface area (Å²) < 4.78 is 12.0. The number of hydrogen-bond acceptors (Lipinski definition) is 2. The summed E-state index contributed by atoms with van der Waals surface area (Å²) in [6, 6.07) is 20.7. The Morgan fingerprint density at radius 1 is 0.727 bits per heavy atom. The second kappa shape index (κ2) is 10.8. The van der Waals surface area contributed by atoms with E-state index >= 15 is 0 Å². The van der Waals surface area contributed by atoms with Gasteiger partial charge in [-0.15, -0.1) is 0 Å². The van der Waals surface area contributed by atoms with Crippen LogP contribution < -0.4 is 9.47 Å². The summed E-state index contributed by atoms with van der Waals surface area (Å²) in [5.41, 5.74) is 1.55. The first-order valence-electron chi connectivity index (χ1n) is 10.7. The smallest absolute Gasteiger partial charge is 0.497 e. The van der Waals surface area contributed by atoms with Crippen molar-refractivity contribution < 1.29 is 26.5 Å². The Morgan fingerprint density at radius 2 is 1.39 bits per heavy atom. The fraction of sp³-hybridized carbons (Fsp3) is 0.0667. The summed E-state index contributed by atoms with van der Waals surface area (Å²) in [4.78, 5) is 0. The number of benzene rings is 3. The minimum absolute atomic E-state index is 0. The maximum atomic E-state index is 6.70. The average Bonchev–Trinajstić information content (AvgIpc) is 3.61. The first kappa shape index (κ1) is 23.9. The first-order chi connectivity index (χ1) is 15.8. The van der Waals surface area contributed by atoms with Crippen LogP contribution in [-0.2, 0) is 22.7 Å². The van der Waals surface area contributed by atoms with Crippen LogP contribution >= 0.6 is 0 Å². The molecule has 6 rings (SSSR count). The molecule has 1 heterocycles. The number of methoxy groups -OCH3 is 1. The predicted octanol–water partition coefficient (Wildman–Crippen LogP) is 6.57. The maximum absolute atomic E-state index is 6.70. The van der Waals surface area contributed by atoms with Crippen LogP contribution in [0.25, 0.3) is 16.8 Å². The van der Waals surface area contributed by atoms with Crippen molar-refractivity contribution in [2.45, 2.75) is 5.60 Å². The molecule has 33 heavy (non-hydrogen) atoms. The third-order valence-electron chi connectivity index (χ3n) is 5.85. The van der Waals surface area contributed by atoms with Gasteiger partial charge in [0.05, 0.1) is 7.11 Å². The molecular formula is C30H24FeO2+2. The van der Waals surface area contributed by atoms with Gasteiger partial charge < -0.3 is 9.47 Å². The predicted molar refractivity (Wildman–Crippen MR) is 130 cm³/mol. The summed E-state index contributed by atoms with van der Waals surface area (Å²) in [6.45, 7) is 0. The molecule has 0 N–H and O–H groups in total. The van der Waals surface area contributed by atoms with E-state index in [2.05, 4.69) is 73.5 Å². The van der Waals surface area contributed by atoms with E-state index in [1.54, 1.807) is 7.11 Å². The van der Waals surface area contributed by atoms with Gasteiger partial charge in [0.15, 0.2) is 5.60 Å². The van der Waals surface area contributed by atoms with Crippen LogP contribution in [0, 0.1) is 63.7 Å². The Morgan fingerprint density at radius 3 is 2.06 bits per heavy atom. The molecule has 1 aliphatic heterocycles. The largest absolute Gasteiger partial charge is 2.00 e. The van der Waals surface area contributed by atoms with Gasteiger partial charge in [0.1, 0.15) is 11.5 Å². The van der Waals surface area contributed by atoms with E-state index in [4.69, 9.17) is 9.47 Å². The second-order valence-corrected chi connectivity index (χ2v) is 7.73. The molecule has 10 radical (unpaired) electrons. The monoisotopic (exact) mass is 472 g/mol. The quantitative estimate of drug-likeness (QED) is 0.402. The van der Waals surface area contributed by atoms with E-state index in [9.17, 15) is 0 Å². The van der Waals surface area contributed by atoms with E-state index in [-0.39, 0.29) is 17.1 Å². The number of fused-ring (bicyclic) bond motifs is 3. The van der Waals surface area contributed by atoms with Crippen LogP contribution in [0.4, 0.5) is 0 Å². The van der Waals surface area contributed by atoms with Gasteiger partial charge in [0.2, 0.25) is 0 Å². The zero-order valence-electron chi connectivity index (χ0n) is 18.3. The summed E-state index contributed by atoms with van der Waals surface area (Å²) in [6.07, 6.45) is 22.7. The molecule has 0 bridgehead atoms. The Hall–Kier alpha value is -2.22.